The largest absolute Gasteiger partial charge is 0.496 e. The lowest BCUT2D eigenvalue weighted by Crippen LogP contribution is -2.07. The molecule has 0 heterocycles. The van der Waals surface area contributed by atoms with Gasteiger partial charge in [-0.1, -0.05) is 32.9 Å². The van der Waals surface area contributed by atoms with Crippen molar-refractivity contribution < 1.29 is 9.57 Å². The van der Waals surface area contributed by atoms with Crippen LogP contribution in [0.15, 0.2) is 12.1 Å². The molecule has 0 radical (unpaired) electrons. The highest BCUT2D eigenvalue weighted by Crippen LogP contribution is 2.32. The van der Waals surface area contributed by atoms with Gasteiger partial charge in [0.2, 0.25) is 0 Å². The minimum atomic E-state index is 0.393. The number of aryl methyl sites for hydroxylation is 1. The number of nitrogens with two attached hydrogens (primary N) is 1. The Kier molecular flexibility index (Phi) is 4.77. The second-order valence-corrected chi connectivity index (χ2v) is 4.14. The van der Waals surface area contributed by atoms with E-state index in [1.165, 1.54) is 11.1 Å². The summed E-state index contributed by atoms with van der Waals surface area (Å²) in [5.41, 5.74) is 3.50. The Morgan fingerprint density at radius 3 is 2.44 bits per heavy atom. The van der Waals surface area contributed by atoms with Crippen LogP contribution in [-0.4, -0.2) is 7.11 Å². The summed E-state index contributed by atoms with van der Waals surface area (Å²) >= 11 is 0. The summed E-state index contributed by atoms with van der Waals surface area (Å²) in [5, 5.41) is 0. The zero-order chi connectivity index (χ0) is 12.1. The molecule has 16 heavy (non-hydrogen) atoms. The van der Waals surface area contributed by atoms with Crippen molar-refractivity contribution in [3.63, 3.8) is 0 Å². The Labute approximate surface area is 97.5 Å². The molecule has 0 atom stereocenters. The maximum Gasteiger partial charge on any atom is 0.127 e. The van der Waals surface area contributed by atoms with Gasteiger partial charge >= 0.3 is 0 Å². The van der Waals surface area contributed by atoms with Gasteiger partial charge in [0.25, 0.3) is 0 Å². The third-order valence-corrected chi connectivity index (χ3v) is 2.81. The topological polar surface area (TPSA) is 44.5 Å². The van der Waals surface area contributed by atoms with Crippen LogP contribution in [0.5, 0.6) is 5.75 Å². The van der Waals surface area contributed by atoms with Gasteiger partial charge in [-0.05, 0) is 23.5 Å². The van der Waals surface area contributed by atoms with Crippen LogP contribution < -0.4 is 10.6 Å². The molecule has 0 saturated heterocycles. The van der Waals surface area contributed by atoms with Gasteiger partial charge < -0.3 is 4.74 Å². The van der Waals surface area contributed by atoms with Crippen LogP contribution in [0.4, 0.5) is 0 Å². The van der Waals surface area contributed by atoms with Gasteiger partial charge in [0.05, 0.1) is 13.7 Å². The van der Waals surface area contributed by atoms with E-state index in [2.05, 4.69) is 32.9 Å². The zero-order valence-electron chi connectivity index (χ0n) is 10.5. The van der Waals surface area contributed by atoms with E-state index in [1.807, 2.05) is 0 Å². The van der Waals surface area contributed by atoms with Crippen LogP contribution in [-0.2, 0) is 17.9 Å². The molecule has 0 saturated carbocycles. The number of hydrogen-bond donors (Lipinski definition) is 1. The second-order valence-electron chi connectivity index (χ2n) is 4.14. The monoisotopic (exact) mass is 223 g/mol. The van der Waals surface area contributed by atoms with Crippen LogP contribution in [0.3, 0.4) is 0 Å². The first kappa shape index (κ1) is 13.0. The Hall–Kier alpha value is -1.06. The number of ether oxygens (including phenoxy) is 1. The lowest BCUT2D eigenvalue weighted by molar-refractivity contribution is 0.121. The van der Waals surface area contributed by atoms with Gasteiger partial charge in [-0.2, -0.15) is 0 Å². The molecular formula is C13H21NO2. The first-order valence-corrected chi connectivity index (χ1v) is 5.66. The molecule has 0 aromatic heterocycles. The maximum atomic E-state index is 5.48. The summed E-state index contributed by atoms with van der Waals surface area (Å²) in [6.45, 7) is 6.81. The third kappa shape index (κ3) is 2.54. The number of benzene rings is 1. The smallest absolute Gasteiger partial charge is 0.127 e. The highest BCUT2D eigenvalue weighted by molar-refractivity contribution is 5.47. The van der Waals surface area contributed by atoms with Crippen molar-refractivity contribution in [1.29, 1.82) is 0 Å². The Morgan fingerprint density at radius 1 is 1.31 bits per heavy atom. The molecule has 0 amide bonds. The predicted molar refractivity (Wildman–Crippen MR) is 65.4 cm³/mol. The predicted octanol–water partition coefficient (Wildman–Crippen LogP) is 2.77. The van der Waals surface area contributed by atoms with Crippen molar-refractivity contribution in [3.05, 3.63) is 28.8 Å². The first-order valence-electron chi connectivity index (χ1n) is 5.66. The molecule has 3 heteroatoms. The highest BCUT2D eigenvalue weighted by Gasteiger charge is 2.15. The molecule has 1 aromatic rings. The van der Waals surface area contributed by atoms with Crippen LogP contribution in [0.1, 0.15) is 43.4 Å². The van der Waals surface area contributed by atoms with Crippen LogP contribution in [0, 0.1) is 0 Å². The van der Waals surface area contributed by atoms with Crippen molar-refractivity contribution >= 4 is 0 Å². The van der Waals surface area contributed by atoms with Crippen LogP contribution >= 0.6 is 0 Å². The first-order chi connectivity index (χ1) is 7.65. The standard InChI is InChI=1S/C13H21NO2/c1-5-10-6-7-11(9(2)3)12(8-16-14)13(10)15-4/h6-7,9H,5,8,14H2,1-4H3. The van der Waals surface area contributed by atoms with Crippen molar-refractivity contribution in [2.45, 2.75) is 39.7 Å². The molecule has 0 fully saturated rings. The van der Waals surface area contributed by atoms with E-state index in [4.69, 9.17) is 15.5 Å². The summed E-state index contributed by atoms with van der Waals surface area (Å²) in [6, 6.07) is 4.26. The lowest BCUT2D eigenvalue weighted by atomic mass is 9.94. The molecule has 0 aliphatic carbocycles. The molecule has 0 unspecified atom stereocenters. The van der Waals surface area contributed by atoms with E-state index in [9.17, 15) is 0 Å². The molecule has 0 bridgehead atoms. The van der Waals surface area contributed by atoms with Gasteiger partial charge in [-0.25, -0.2) is 5.90 Å². The molecule has 90 valence electrons. The fourth-order valence-corrected chi connectivity index (χ4v) is 2.00. The van der Waals surface area contributed by atoms with Crippen LogP contribution in [0.25, 0.3) is 0 Å². The van der Waals surface area contributed by atoms with Crippen molar-refractivity contribution in [2.75, 3.05) is 7.11 Å². The number of hydrogen-bond acceptors (Lipinski definition) is 3. The van der Waals surface area contributed by atoms with Crippen molar-refractivity contribution in [3.8, 4) is 5.75 Å². The third-order valence-electron chi connectivity index (χ3n) is 2.81. The van der Waals surface area contributed by atoms with Crippen LogP contribution in [0.2, 0.25) is 0 Å². The van der Waals surface area contributed by atoms with Gasteiger partial charge in [-0.3, -0.25) is 4.84 Å². The Bertz CT molecular complexity index is 348. The molecule has 3 nitrogen and oxygen atoms in total. The summed E-state index contributed by atoms with van der Waals surface area (Å²) in [7, 11) is 1.69. The Balaban J connectivity index is 3.31. The Morgan fingerprint density at radius 2 is 2.00 bits per heavy atom. The zero-order valence-corrected chi connectivity index (χ0v) is 10.5. The molecule has 0 aliphatic heterocycles. The minimum absolute atomic E-state index is 0.393. The average Bonchev–Trinajstić information content (AvgIpc) is 2.28. The normalized spacial score (nSPS) is 10.9. The minimum Gasteiger partial charge on any atom is -0.496 e. The maximum absolute atomic E-state index is 5.48. The molecule has 2 N–H and O–H groups in total. The van der Waals surface area contributed by atoms with E-state index in [0.29, 0.717) is 12.5 Å². The van der Waals surface area contributed by atoms with E-state index >= 15 is 0 Å². The lowest BCUT2D eigenvalue weighted by Gasteiger charge is -2.18. The van der Waals surface area contributed by atoms with Gasteiger partial charge in [-0.15, -0.1) is 0 Å². The molecule has 0 aliphatic rings. The fraction of sp³-hybridized carbons (Fsp3) is 0.538. The second kappa shape index (κ2) is 5.87. The summed E-state index contributed by atoms with van der Waals surface area (Å²) in [5.74, 6) is 6.54. The quantitative estimate of drug-likeness (QED) is 0.781. The number of rotatable bonds is 5. The summed E-state index contributed by atoms with van der Waals surface area (Å²) in [6.07, 6.45) is 0.944. The van der Waals surface area contributed by atoms with Crippen molar-refractivity contribution in [2.24, 2.45) is 5.90 Å². The molecular weight excluding hydrogens is 202 g/mol. The average molecular weight is 223 g/mol. The summed E-state index contributed by atoms with van der Waals surface area (Å²) < 4.78 is 5.48. The van der Waals surface area contributed by atoms with Crippen molar-refractivity contribution in [1.82, 2.24) is 0 Å². The van der Waals surface area contributed by atoms with E-state index < -0.39 is 0 Å². The van der Waals surface area contributed by atoms with E-state index in [1.54, 1.807) is 7.11 Å². The molecule has 0 spiro atoms. The van der Waals surface area contributed by atoms with Gasteiger partial charge in [0.15, 0.2) is 0 Å². The fourth-order valence-electron chi connectivity index (χ4n) is 2.00. The SMILES string of the molecule is CCc1ccc(C(C)C)c(CON)c1OC. The molecule has 1 rings (SSSR count). The van der Waals surface area contributed by atoms with E-state index in [0.717, 1.165) is 17.7 Å². The number of methoxy groups -OCH3 is 1. The van der Waals surface area contributed by atoms with Gasteiger partial charge in [0.1, 0.15) is 5.75 Å². The highest BCUT2D eigenvalue weighted by atomic mass is 16.6. The molecule has 1 aromatic carbocycles. The summed E-state index contributed by atoms with van der Waals surface area (Å²) in [4.78, 5) is 4.78. The van der Waals surface area contributed by atoms with E-state index in [-0.39, 0.29) is 0 Å². The van der Waals surface area contributed by atoms with Gasteiger partial charge in [0, 0.05) is 5.56 Å².